The average Bonchev–Trinajstić information content (AvgIpc) is 2.58. The van der Waals surface area contributed by atoms with Gasteiger partial charge < -0.3 is 10.6 Å². The Kier molecular flexibility index (Phi) is 7.87. The third kappa shape index (κ3) is 7.10. The van der Waals surface area contributed by atoms with Crippen LogP contribution in [0, 0.1) is 0 Å². The summed E-state index contributed by atoms with van der Waals surface area (Å²) in [4.78, 5) is 23.7. The summed E-state index contributed by atoms with van der Waals surface area (Å²) < 4.78 is 24.7. The van der Waals surface area contributed by atoms with Crippen molar-refractivity contribution in [3.63, 3.8) is 0 Å². The minimum atomic E-state index is -3.39. The summed E-state index contributed by atoms with van der Waals surface area (Å²) in [5.41, 5.74) is 1.28. The molecule has 0 radical (unpaired) electrons. The van der Waals surface area contributed by atoms with Gasteiger partial charge in [0.1, 0.15) is 0 Å². The average molecular weight is 355 g/mol. The van der Waals surface area contributed by atoms with Crippen LogP contribution in [0.3, 0.4) is 0 Å². The molecule has 0 unspecified atom stereocenters. The molecule has 0 aromatic heterocycles. The Morgan fingerprint density at radius 1 is 1.21 bits per heavy atom. The number of carbonyl (C=O) groups is 2. The molecule has 8 heteroatoms. The van der Waals surface area contributed by atoms with Crippen molar-refractivity contribution in [2.75, 3.05) is 12.3 Å². The second-order valence-electron chi connectivity index (χ2n) is 5.48. The molecular weight excluding hydrogens is 330 g/mol. The van der Waals surface area contributed by atoms with Gasteiger partial charge in [0.15, 0.2) is 0 Å². The molecule has 0 fully saturated rings. The van der Waals surface area contributed by atoms with Crippen LogP contribution in [0.5, 0.6) is 0 Å². The van der Waals surface area contributed by atoms with Gasteiger partial charge in [-0.1, -0.05) is 19.1 Å². The highest BCUT2D eigenvalue weighted by molar-refractivity contribution is 7.89. The monoisotopic (exact) mass is 355 g/mol. The molecule has 134 valence electrons. The van der Waals surface area contributed by atoms with Gasteiger partial charge in [-0.05, 0) is 38.0 Å². The van der Waals surface area contributed by atoms with Crippen LogP contribution in [0.1, 0.15) is 43.1 Å². The first-order valence-electron chi connectivity index (χ1n) is 7.91. The Balaban J connectivity index is 2.56. The molecule has 1 aromatic rings. The number of rotatable bonds is 9. The number of carbonyl (C=O) groups excluding carboxylic acids is 2. The van der Waals surface area contributed by atoms with E-state index in [0.29, 0.717) is 5.56 Å². The zero-order valence-corrected chi connectivity index (χ0v) is 15.1. The molecule has 0 heterocycles. The molecule has 24 heavy (non-hydrogen) atoms. The second kappa shape index (κ2) is 9.39. The minimum absolute atomic E-state index is 0.0758. The van der Waals surface area contributed by atoms with Crippen LogP contribution >= 0.6 is 0 Å². The molecule has 2 amide bonds. The lowest BCUT2D eigenvalue weighted by molar-refractivity contribution is -0.120. The highest BCUT2D eigenvalue weighted by Gasteiger charge is 2.11. The number of sulfonamides is 1. The number of nitrogens with one attached hydrogen (secondary N) is 3. The van der Waals surface area contributed by atoms with E-state index >= 15 is 0 Å². The first-order valence-corrected chi connectivity index (χ1v) is 9.56. The van der Waals surface area contributed by atoms with Crippen molar-refractivity contribution in [2.24, 2.45) is 0 Å². The molecule has 0 saturated carbocycles. The Morgan fingerprint density at radius 3 is 2.54 bits per heavy atom. The van der Waals surface area contributed by atoms with E-state index in [0.717, 1.165) is 12.0 Å². The lowest BCUT2D eigenvalue weighted by atomic mass is 10.1. The molecule has 3 N–H and O–H groups in total. The van der Waals surface area contributed by atoms with E-state index in [2.05, 4.69) is 15.4 Å². The zero-order valence-electron chi connectivity index (χ0n) is 14.3. The van der Waals surface area contributed by atoms with E-state index in [4.69, 9.17) is 0 Å². The van der Waals surface area contributed by atoms with Crippen molar-refractivity contribution >= 4 is 21.8 Å². The van der Waals surface area contributed by atoms with Crippen LogP contribution in [0.2, 0.25) is 0 Å². The summed E-state index contributed by atoms with van der Waals surface area (Å²) in [6.45, 7) is 5.33. The maximum Gasteiger partial charge on any atom is 0.251 e. The van der Waals surface area contributed by atoms with Gasteiger partial charge in [-0.3, -0.25) is 9.59 Å². The lowest BCUT2D eigenvalue weighted by Crippen LogP contribution is -2.37. The maximum absolute atomic E-state index is 12.1. The summed E-state index contributed by atoms with van der Waals surface area (Å²) in [5.74, 6) is -0.664. The van der Waals surface area contributed by atoms with E-state index in [9.17, 15) is 18.0 Å². The largest absolute Gasteiger partial charge is 0.351 e. The van der Waals surface area contributed by atoms with Gasteiger partial charge in [0.2, 0.25) is 15.9 Å². The molecular formula is C16H25N3O4S. The van der Waals surface area contributed by atoms with Crippen LogP contribution < -0.4 is 15.4 Å². The van der Waals surface area contributed by atoms with Crippen molar-refractivity contribution in [2.45, 2.75) is 39.8 Å². The Bertz CT molecular complexity index is 674. The topological polar surface area (TPSA) is 104 Å². The van der Waals surface area contributed by atoms with Gasteiger partial charge in [0, 0.05) is 18.2 Å². The maximum atomic E-state index is 12.1. The van der Waals surface area contributed by atoms with Crippen LogP contribution in [0.4, 0.5) is 0 Å². The predicted octanol–water partition coefficient (Wildman–Crippen LogP) is 0.770. The quantitative estimate of drug-likeness (QED) is 0.608. The second-order valence-corrected chi connectivity index (χ2v) is 7.58. The van der Waals surface area contributed by atoms with Gasteiger partial charge in [0.25, 0.3) is 5.91 Å². The summed E-state index contributed by atoms with van der Waals surface area (Å²) >= 11 is 0. The van der Waals surface area contributed by atoms with Crippen LogP contribution in [0.25, 0.3) is 0 Å². The highest BCUT2D eigenvalue weighted by atomic mass is 32.2. The molecule has 7 nitrogen and oxygen atoms in total. The van der Waals surface area contributed by atoms with E-state index in [1.807, 2.05) is 13.8 Å². The third-order valence-corrected chi connectivity index (χ3v) is 4.85. The van der Waals surface area contributed by atoms with Crippen molar-refractivity contribution in [3.8, 4) is 0 Å². The number of hydrogen-bond donors (Lipinski definition) is 3. The number of amides is 2. The summed E-state index contributed by atoms with van der Waals surface area (Å²) in [6, 6.07) is 7.03. The van der Waals surface area contributed by atoms with E-state index in [1.54, 1.807) is 24.3 Å². The molecule has 1 atom stereocenters. The van der Waals surface area contributed by atoms with Crippen LogP contribution in [0.15, 0.2) is 24.3 Å². The molecule has 0 aliphatic carbocycles. The fourth-order valence-electron chi connectivity index (χ4n) is 1.77. The third-order valence-electron chi connectivity index (χ3n) is 3.50. The molecule has 0 saturated heterocycles. The first-order chi connectivity index (χ1) is 11.3. The Labute approximate surface area is 143 Å². The molecule has 1 aromatic carbocycles. The molecule has 0 aliphatic heterocycles. The Hall–Kier alpha value is -1.93. The Morgan fingerprint density at radius 2 is 1.92 bits per heavy atom. The fraction of sp³-hybridized carbons (Fsp3) is 0.500. The standard InChI is InChI=1S/C16H25N3O4S/c1-4-12(3)19-16(21)14-8-6-7-13(9-14)10-17-15(20)11-18-24(22,23)5-2/h6-9,12,18H,4-5,10-11H2,1-3H3,(H,17,20)(H,19,21)/t12-/m1/s1. The molecule has 0 spiro atoms. The number of hydrogen-bond acceptors (Lipinski definition) is 4. The number of benzene rings is 1. The van der Waals surface area contributed by atoms with Gasteiger partial charge in [-0.2, -0.15) is 0 Å². The molecule has 0 bridgehead atoms. The van der Waals surface area contributed by atoms with Gasteiger partial charge >= 0.3 is 0 Å². The molecule has 0 aliphatic rings. The van der Waals surface area contributed by atoms with Crippen molar-refractivity contribution < 1.29 is 18.0 Å². The van der Waals surface area contributed by atoms with Gasteiger partial charge in [-0.15, -0.1) is 0 Å². The summed E-state index contributed by atoms with van der Waals surface area (Å²) in [6.07, 6.45) is 0.842. The predicted molar refractivity (Wildman–Crippen MR) is 93.0 cm³/mol. The molecule has 1 rings (SSSR count). The van der Waals surface area contributed by atoms with Crippen molar-refractivity contribution in [3.05, 3.63) is 35.4 Å². The zero-order chi connectivity index (χ0) is 18.2. The SMILES string of the molecule is CC[C@@H](C)NC(=O)c1cccc(CNC(=O)CNS(=O)(=O)CC)c1. The van der Waals surface area contributed by atoms with E-state index in [-0.39, 0.29) is 30.8 Å². The minimum Gasteiger partial charge on any atom is -0.351 e. The normalized spacial score (nSPS) is 12.5. The van der Waals surface area contributed by atoms with E-state index in [1.165, 1.54) is 6.92 Å². The van der Waals surface area contributed by atoms with Crippen LogP contribution in [-0.2, 0) is 21.4 Å². The van der Waals surface area contributed by atoms with Gasteiger partial charge in [-0.25, -0.2) is 13.1 Å². The van der Waals surface area contributed by atoms with Gasteiger partial charge in [0.05, 0.1) is 12.3 Å². The highest BCUT2D eigenvalue weighted by Crippen LogP contribution is 2.06. The van der Waals surface area contributed by atoms with Crippen LogP contribution in [-0.4, -0.2) is 38.6 Å². The summed E-state index contributed by atoms with van der Waals surface area (Å²) in [7, 11) is -3.39. The van der Waals surface area contributed by atoms with Crippen molar-refractivity contribution in [1.82, 2.24) is 15.4 Å². The van der Waals surface area contributed by atoms with E-state index < -0.39 is 15.9 Å². The summed E-state index contributed by atoms with van der Waals surface area (Å²) in [5, 5.41) is 5.49. The van der Waals surface area contributed by atoms with Crippen molar-refractivity contribution in [1.29, 1.82) is 0 Å². The lowest BCUT2D eigenvalue weighted by Gasteiger charge is -2.12. The first kappa shape index (κ1) is 20.1. The fourth-order valence-corrected chi connectivity index (χ4v) is 2.33. The smallest absolute Gasteiger partial charge is 0.251 e.